The summed E-state index contributed by atoms with van der Waals surface area (Å²) in [4.78, 5) is 30.1. The van der Waals surface area contributed by atoms with Gasteiger partial charge in [-0.1, -0.05) is 75.4 Å². The summed E-state index contributed by atoms with van der Waals surface area (Å²) in [7, 11) is 1.28. The standard InChI is InChI=1S/C36H33FN2O4/c1-36(2,3)28-12-17-30(18-13-28)43-31-16-11-26-21-32(38-22-27(26)20-31)34(40)39-33(35(41)42-4)19-23-5-7-24(8-6-23)25-9-14-29(37)15-10-25/h5-18,20-22,33H,19H2,1-4H3,(H,39,40)/t33-/m0/s1. The number of rotatable bonds is 8. The van der Waals surface area contributed by atoms with Crippen molar-refractivity contribution < 1.29 is 23.5 Å². The van der Waals surface area contributed by atoms with Gasteiger partial charge in [-0.25, -0.2) is 9.18 Å². The predicted octanol–water partition coefficient (Wildman–Crippen LogP) is 7.64. The minimum absolute atomic E-state index is 0.0614. The first-order valence-electron chi connectivity index (χ1n) is 14.0. The number of carbonyl (C=O) groups excluding carboxylic acids is 2. The number of nitrogens with zero attached hydrogens (tertiary/aromatic N) is 1. The van der Waals surface area contributed by atoms with Crippen LogP contribution >= 0.6 is 0 Å². The maximum absolute atomic E-state index is 13.3. The van der Waals surface area contributed by atoms with E-state index in [1.165, 1.54) is 24.8 Å². The number of benzene rings is 4. The van der Waals surface area contributed by atoms with Crippen LogP contribution in [-0.4, -0.2) is 30.0 Å². The van der Waals surface area contributed by atoms with Crippen LogP contribution in [0, 0.1) is 5.82 Å². The summed E-state index contributed by atoms with van der Waals surface area (Å²) in [6.07, 6.45) is 1.84. The Morgan fingerprint density at radius 3 is 2.07 bits per heavy atom. The summed E-state index contributed by atoms with van der Waals surface area (Å²) in [5, 5.41) is 4.38. The van der Waals surface area contributed by atoms with Gasteiger partial charge in [-0.05, 0) is 75.5 Å². The molecule has 0 spiro atoms. The van der Waals surface area contributed by atoms with Crippen molar-refractivity contribution in [1.29, 1.82) is 0 Å². The lowest BCUT2D eigenvalue weighted by Gasteiger charge is -2.19. The molecule has 1 N–H and O–H groups in total. The Morgan fingerprint density at radius 2 is 1.44 bits per heavy atom. The van der Waals surface area contributed by atoms with Crippen LogP contribution in [0.15, 0.2) is 103 Å². The van der Waals surface area contributed by atoms with E-state index < -0.39 is 17.9 Å². The van der Waals surface area contributed by atoms with E-state index in [1.54, 1.807) is 24.4 Å². The van der Waals surface area contributed by atoms with Gasteiger partial charge in [0, 0.05) is 18.0 Å². The maximum atomic E-state index is 13.3. The third-order valence-corrected chi connectivity index (χ3v) is 7.24. The van der Waals surface area contributed by atoms with E-state index in [0.29, 0.717) is 5.75 Å². The first-order valence-corrected chi connectivity index (χ1v) is 14.0. The first-order chi connectivity index (χ1) is 20.6. The molecule has 43 heavy (non-hydrogen) atoms. The number of halogens is 1. The van der Waals surface area contributed by atoms with E-state index in [2.05, 4.69) is 43.2 Å². The fourth-order valence-corrected chi connectivity index (χ4v) is 4.75. The highest BCUT2D eigenvalue weighted by atomic mass is 19.1. The summed E-state index contributed by atoms with van der Waals surface area (Å²) >= 11 is 0. The molecule has 0 aliphatic rings. The molecule has 0 aliphatic carbocycles. The van der Waals surface area contributed by atoms with Crippen LogP contribution in [0.2, 0.25) is 0 Å². The van der Waals surface area contributed by atoms with Crippen LogP contribution in [0.4, 0.5) is 4.39 Å². The van der Waals surface area contributed by atoms with E-state index >= 15 is 0 Å². The third-order valence-electron chi connectivity index (χ3n) is 7.24. The monoisotopic (exact) mass is 576 g/mol. The minimum atomic E-state index is -0.910. The van der Waals surface area contributed by atoms with Crippen LogP contribution < -0.4 is 10.1 Å². The quantitative estimate of drug-likeness (QED) is 0.192. The van der Waals surface area contributed by atoms with Crippen LogP contribution in [0.5, 0.6) is 11.5 Å². The molecule has 0 bridgehead atoms. The Balaban J connectivity index is 1.27. The highest BCUT2D eigenvalue weighted by molar-refractivity contribution is 5.98. The summed E-state index contributed by atoms with van der Waals surface area (Å²) < 4.78 is 24.3. The number of pyridine rings is 1. The van der Waals surface area contributed by atoms with Crippen molar-refractivity contribution in [2.45, 2.75) is 38.6 Å². The number of aromatic nitrogens is 1. The molecular weight excluding hydrogens is 543 g/mol. The zero-order chi connectivity index (χ0) is 30.6. The fourth-order valence-electron chi connectivity index (χ4n) is 4.75. The normalized spacial score (nSPS) is 12.0. The molecule has 1 heterocycles. The Morgan fingerprint density at radius 1 is 0.814 bits per heavy atom. The van der Waals surface area contributed by atoms with Gasteiger partial charge in [0.2, 0.25) is 0 Å². The SMILES string of the molecule is COC(=O)[C@H](Cc1ccc(-c2ccc(F)cc2)cc1)NC(=O)c1cc2ccc(Oc3ccc(C(C)(C)C)cc3)cc2cn1. The number of ether oxygens (including phenoxy) is 2. The molecule has 218 valence electrons. The highest BCUT2D eigenvalue weighted by Gasteiger charge is 2.23. The molecule has 6 nitrogen and oxygen atoms in total. The lowest BCUT2D eigenvalue weighted by molar-refractivity contribution is -0.142. The summed E-state index contributed by atoms with van der Waals surface area (Å²) in [5.41, 5.74) is 4.08. The summed E-state index contributed by atoms with van der Waals surface area (Å²) in [5.74, 6) is 0.0459. The van der Waals surface area contributed by atoms with Crippen molar-refractivity contribution in [2.75, 3.05) is 7.11 Å². The van der Waals surface area contributed by atoms with Crippen LogP contribution in [0.25, 0.3) is 21.9 Å². The number of amides is 1. The molecule has 1 atom stereocenters. The number of carbonyl (C=O) groups is 2. The molecule has 5 aromatic rings. The van der Waals surface area contributed by atoms with E-state index in [-0.39, 0.29) is 23.3 Å². The van der Waals surface area contributed by atoms with Gasteiger partial charge in [-0.3, -0.25) is 9.78 Å². The van der Waals surface area contributed by atoms with Crippen molar-refractivity contribution >= 4 is 22.6 Å². The van der Waals surface area contributed by atoms with Crippen molar-refractivity contribution in [1.82, 2.24) is 10.3 Å². The van der Waals surface area contributed by atoms with Gasteiger partial charge in [0.1, 0.15) is 29.1 Å². The second kappa shape index (κ2) is 12.4. The fraction of sp³-hybridized carbons (Fsp3) is 0.194. The Labute approximate surface area is 250 Å². The molecular formula is C36H33FN2O4. The third kappa shape index (κ3) is 7.25. The number of nitrogens with one attached hydrogen (secondary N) is 1. The molecule has 4 aromatic carbocycles. The molecule has 1 amide bonds. The smallest absolute Gasteiger partial charge is 0.328 e. The number of hydrogen-bond donors (Lipinski definition) is 1. The van der Waals surface area contributed by atoms with Crippen LogP contribution in [0.3, 0.4) is 0 Å². The molecule has 0 saturated heterocycles. The molecule has 0 fully saturated rings. The Bertz CT molecular complexity index is 1740. The average Bonchev–Trinajstić information content (AvgIpc) is 3.00. The van der Waals surface area contributed by atoms with Crippen LogP contribution in [-0.2, 0) is 21.4 Å². The number of esters is 1. The van der Waals surface area contributed by atoms with Gasteiger partial charge < -0.3 is 14.8 Å². The number of methoxy groups -OCH3 is 1. The van der Waals surface area contributed by atoms with Gasteiger partial charge in [0.05, 0.1) is 7.11 Å². The van der Waals surface area contributed by atoms with Gasteiger partial charge in [-0.15, -0.1) is 0 Å². The Kier molecular flexibility index (Phi) is 8.53. The summed E-state index contributed by atoms with van der Waals surface area (Å²) in [6.45, 7) is 6.50. The van der Waals surface area contributed by atoms with Crippen molar-refractivity contribution in [3.8, 4) is 22.6 Å². The molecule has 0 radical (unpaired) electrons. The molecule has 5 rings (SSSR count). The topological polar surface area (TPSA) is 77.5 Å². The largest absolute Gasteiger partial charge is 0.467 e. The lowest BCUT2D eigenvalue weighted by Crippen LogP contribution is -2.43. The van der Waals surface area contributed by atoms with E-state index in [9.17, 15) is 14.0 Å². The van der Waals surface area contributed by atoms with Gasteiger partial charge in [0.15, 0.2) is 0 Å². The predicted molar refractivity (Wildman–Crippen MR) is 166 cm³/mol. The molecule has 0 unspecified atom stereocenters. The van der Waals surface area contributed by atoms with Gasteiger partial charge in [-0.2, -0.15) is 0 Å². The van der Waals surface area contributed by atoms with Gasteiger partial charge in [0.25, 0.3) is 5.91 Å². The molecule has 0 aliphatic heterocycles. The van der Waals surface area contributed by atoms with Gasteiger partial charge >= 0.3 is 5.97 Å². The van der Waals surface area contributed by atoms with Crippen molar-refractivity contribution in [3.05, 3.63) is 126 Å². The van der Waals surface area contributed by atoms with Crippen molar-refractivity contribution in [2.24, 2.45) is 0 Å². The first kappa shape index (κ1) is 29.5. The van der Waals surface area contributed by atoms with E-state index in [0.717, 1.165) is 33.2 Å². The molecule has 7 heteroatoms. The average molecular weight is 577 g/mol. The highest BCUT2D eigenvalue weighted by Crippen LogP contribution is 2.29. The van der Waals surface area contributed by atoms with Crippen LogP contribution in [0.1, 0.15) is 42.4 Å². The molecule has 1 aromatic heterocycles. The molecule has 0 saturated carbocycles. The van der Waals surface area contributed by atoms with E-state index in [1.807, 2.05) is 54.6 Å². The number of fused-ring (bicyclic) bond motifs is 1. The summed E-state index contributed by atoms with van der Waals surface area (Å²) in [6, 6.07) is 28.1. The minimum Gasteiger partial charge on any atom is -0.467 e. The van der Waals surface area contributed by atoms with Crippen molar-refractivity contribution in [3.63, 3.8) is 0 Å². The second-order valence-electron chi connectivity index (χ2n) is 11.4. The number of hydrogen-bond acceptors (Lipinski definition) is 5. The second-order valence-corrected chi connectivity index (χ2v) is 11.4. The zero-order valence-corrected chi connectivity index (χ0v) is 24.6. The Hall–Kier alpha value is -5.04. The zero-order valence-electron chi connectivity index (χ0n) is 24.6. The van der Waals surface area contributed by atoms with E-state index in [4.69, 9.17) is 9.47 Å². The lowest BCUT2D eigenvalue weighted by atomic mass is 9.87. The maximum Gasteiger partial charge on any atom is 0.328 e.